The molecule has 8 nitrogen and oxygen atoms in total. The first-order valence-electron chi connectivity index (χ1n) is 8.58. The summed E-state index contributed by atoms with van der Waals surface area (Å²) in [6.45, 7) is 0. The SMILES string of the molecule is COC(=O)/C=C(\C(=O)OC)N(C(=O)c1ccc(OC)cc1)N(C)c1ccccc1. The van der Waals surface area contributed by atoms with Gasteiger partial charge in [0.2, 0.25) is 0 Å². The number of anilines is 1. The molecule has 8 heteroatoms. The van der Waals surface area contributed by atoms with E-state index in [9.17, 15) is 14.4 Å². The van der Waals surface area contributed by atoms with Crippen molar-refractivity contribution in [1.29, 1.82) is 0 Å². The van der Waals surface area contributed by atoms with E-state index in [1.165, 1.54) is 19.2 Å². The van der Waals surface area contributed by atoms with Gasteiger partial charge in [-0.2, -0.15) is 0 Å². The van der Waals surface area contributed by atoms with Crippen molar-refractivity contribution >= 4 is 23.5 Å². The van der Waals surface area contributed by atoms with Crippen LogP contribution < -0.4 is 9.75 Å². The third kappa shape index (κ3) is 5.13. The molecule has 0 heterocycles. The van der Waals surface area contributed by atoms with Crippen LogP contribution in [0.5, 0.6) is 5.75 Å². The summed E-state index contributed by atoms with van der Waals surface area (Å²) in [6.07, 6.45) is 0.909. The number of nitrogens with zero attached hydrogens (tertiary/aromatic N) is 2. The molecule has 1 amide bonds. The fourth-order valence-electron chi connectivity index (χ4n) is 2.50. The fraction of sp³-hybridized carbons (Fsp3) is 0.190. The Balaban J connectivity index is 2.59. The number of methoxy groups -OCH3 is 3. The van der Waals surface area contributed by atoms with Crippen LogP contribution in [0.2, 0.25) is 0 Å². The second kappa shape index (κ2) is 9.93. The highest BCUT2D eigenvalue weighted by Gasteiger charge is 2.30. The third-order valence-corrected chi connectivity index (χ3v) is 4.04. The van der Waals surface area contributed by atoms with Crippen molar-refractivity contribution in [3.05, 3.63) is 71.9 Å². The van der Waals surface area contributed by atoms with E-state index in [1.54, 1.807) is 55.6 Å². The quantitative estimate of drug-likeness (QED) is 0.402. The van der Waals surface area contributed by atoms with Crippen LogP contribution in [0.15, 0.2) is 66.4 Å². The largest absolute Gasteiger partial charge is 0.497 e. The highest BCUT2D eigenvalue weighted by Crippen LogP contribution is 2.22. The van der Waals surface area contributed by atoms with Gasteiger partial charge in [0, 0.05) is 12.6 Å². The summed E-state index contributed by atoms with van der Waals surface area (Å²) in [6, 6.07) is 15.2. The normalized spacial score (nSPS) is 10.7. The standard InChI is InChI=1S/C21H22N2O6/c1-22(16-8-6-5-7-9-16)23(18(21(26)29-4)14-19(24)28-3)20(25)15-10-12-17(27-2)13-11-15/h5-14H,1-4H3/b18-14+. The van der Waals surface area contributed by atoms with E-state index in [1.807, 2.05) is 6.07 Å². The van der Waals surface area contributed by atoms with Crippen LogP contribution in [0.4, 0.5) is 5.69 Å². The monoisotopic (exact) mass is 398 g/mol. The first-order chi connectivity index (χ1) is 13.9. The Kier molecular flexibility index (Phi) is 7.36. The van der Waals surface area contributed by atoms with E-state index in [0.717, 1.165) is 18.2 Å². The number of amides is 1. The summed E-state index contributed by atoms with van der Waals surface area (Å²) >= 11 is 0. The fourth-order valence-corrected chi connectivity index (χ4v) is 2.50. The highest BCUT2D eigenvalue weighted by molar-refractivity contribution is 6.04. The van der Waals surface area contributed by atoms with Gasteiger partial charge in [0.15, 0.2) is 5.70 Å². The number of carbonyl (C=O) groups excluding carboxylic acids is 3. The molecule has 0 N–H and O–H groups in total. The summed E-state index contributed by atoms with van der Waals surface area (Å²) in [5, 5.41) is 2.50. The summed E-state index contributed by atoms with van der Waals surface area (Å²) in [7, 11) is 5.43. The van der Waals surface area contributed by atoms with Gasteiger partial charge in [0.25, 0.3) is 5.91 Å². The number of esters is 2. The molecule has 2 rings (SSSR count). The number of rotatable bonds is 7. The number of para-hydroxylation sites is 1. The molecule has 0 radical (unpaired) electrons. The van der Waals surface area contributed by atoms with E-state index in [-0.39, 0.29) is 11.3 Å². The molecule has 0 saturated heterocycles. The Labute approximate surface area is 168 Å². The van der Waals surface area contributed by atoms with Crippen LogP contribution in [0.1, 0.15) is 10.4 Å². The predicted molar refractivity (Wildman–Crippen MR) is 106 cm³/mol. The minimum absolute atomic E-state index is 0.272. The lowest BCUT2D eigenvalue weighted by molar-refractivity contribution is -0.139. The summed E-state index contributed by atoms with van der Waals surface area (Å²) in [4.78, 5) is 37.6. The lowest BCUT2D eigenvalue weighted by atomic mass is 10.2. The van der Waals surface area contributed by atoms with Crippen LogP contribution in [0.25, 0.3) is 0 Å². The van der Waals surface area contributed by atoms with Crippen molar-refractivity contribution in [1.82, 2.24) is 5.01 Å². The zero-order chi connectivity index (χ0) is 21.4. The Morgan fingerprint density at radius 2 is 1.48 bits per heavy atom. The van der Waals surface area contributed by atoms with Gasteiger partial charge >= 0.3 is 11.9 Å². The molecule has 0 unspecified atom stereocenters. The lowest BCUT2D eigenvalue weighted by Gasteiger charge is -2.34. The topological polar surface area (TPSA) is 85.4 Å². The predicted octanol–water partition coefficient (Wildman–Crippen LogP) is 2.42. The van der Waals surface area contributed by atoms with Crippen LogP contribution in [-0.4, -0.2) is 51.2 Å². The van der Waals surface area contributed by atoms with Gasteiger partial charge in [0.05, 0.1) is 33.1 Å². The average molecular weight is 398 g/mol. The highest BCUT2D eigenvalue weighted by atomic mass is 16.5. The lowest BCUT2D eigenvalue weighted by Crippen LogP contribution is -2.46. The number of carbonyl (C=O) groups is 3. The maximum absolute atomic E-state index is 13.3. The van der Waals surface area contributed by atoms with Gasteiger partial charge in [0.1, 0.15) is 5.75 Å². The first kappa shape index (κ1) is 21.5. The van der Waals surface area contributed by atoms with E-state index in [4.69, 9.17) is 9.47 Å². The third-order valence-electron chi connectivity index (χ3n) is 4.04. The van der Waals surface area contributed by atoms with Gasteiger partial charge in [-0.3, -0.25) is 9.80 Å². The maximum Gasteiger partial charge on any atom is 0.357 e. The first-order valence-corrected chi connectivity index (χ1v) is 8.58. The minimum atomic E-state index is -0.875. The van der Waals surface area contributed by atoms with Crippen molar-refractivity contribution in [2.45, 2.75) is 0 Å². The van der Waals surface area contributed by atoms with Gasteiger partial charge < -0.3 is 14.2 Å². The molecule has 0 aliphatic carbocycles. The summed E-state index contributed by atoms with van der Waals surface area (Å²) in [5.41, 5.74) is 0.578. The van der Waals surface area contributed by atoms with Crippen LogP contribution in [0, 0.1) is 0 Å². The smallest absolute Gasteiger partial charge is 0.357 e. The van der Waals surface area contributed by atoms with E-state index >= 15 is 0 Å². The zero-order valence-corrected chi connectivity index (χ0v) is 16.6. The van der Waals surface area contributed by atoms with Crippen LogP contribution in [-0.2, 0) is 19.1 Å². The Bertz CT molecular complexity index is 893. The molecular weight excluding hydrogens is 376 g/mol. The molecule has 2 aromatic carbocycles. The van der Waals surface area contributed by atoms with Gasteiger partial charge in [-0.1, -0.05) is 18.2 Å². The van der Waals surface area contributed by atoms with Crippen molar-refractivity contribution in [2.75, 3.05) is 33.4 Å². The van der Waals surface area contributed by atoms with Gasteiger partial charge in [-0.05, 0) is 36.4 Å². The molecule has 0 aromatic heterocycles. The van der Waals surface area contributed by atoms with Crippen molar-refractivity contribution in [3.63, 3.8) is 0 Å². The van der Waals surface area contributed by atoms with Crippen molar-refractivity contribution in [2.24, 2.45) is 0 Å². The van der Waals surface area contributed by atoms with E-state index in [0.29, 0.717) is 11.4 Å². The Hall–Kier alpha value is -3.81. The van der Waals surface area contributed by atoms with E-state index in [2.05, 4.69) is 4.74 Å². The minimum Gasteiger partial charge on any atom is -0.497 e. The molecule has 0 saturated carbocycles. The summed E-state index contributed by atoms with van der Waals surface area (Å²) < 4.78 is 14.5. The molecule has 0 fully saturated rings. The van der Waals surface area contributed by atoms with Crippen molar-refractivity contribution < 1.29 is 28.6 Å². The van der Waals surface area contributed by atoms with Crippen LogP contribution >= 0.6 is 0 Å². The molecule has 0 bridgehead atoms. The summed E-state index contributed by atoms with van der Waals surface area (Å²) in [5.74, 6) is -1.66. The molecule has 152 valence electrons. The van der Waals surface area contributed by atoms with E-state index < -0.39 is 17.8 Å². The number of hydrogen-bond acceptors (Lipinski definition) is 7. The second-order valence-corrected chi connectivity index (χ2v) is 5.75. The van der Waals surface area contributed by atoms with Gasteiger partial charge in [-0.15, -0.1) is 0 Å². The van der Waals surface area contributed by atoms with Gasteiger partial charge in [-0.25, -0.2) is 14.6 Å². The zero-order valence-electron chi connectivity index (χ0n) is 16.6. The van der Waals surface area contributed by atoms with Crippen molar-refractivity contribution in [3.8, 4) is 5.75 Å². The molecular formula is C21H22N2O6. The number of ether oxygens (including phenoxy) is 3. The number of hydrogen-bond donors (Lipinski definition) is 0. The molecule has 0 aliphatic heterocycles. The average Bonchev–Trinajstić information content (AvgIpc) is 2.78. The second-order valence-electron chi connectivity index (χ2n) is 5.75. The molecule has 0 atom stereocenters. The Morgan fingerprint density at radius 3 is 2.00 bits per heavy atom. The number of benzene rings is 2. The molecule has 0 aliphatic rings. The Morgan fingerprint density at radius 1 is 0.862 bits per heavy atom. The molecule has 0 spiro atoms. The molecule has 2 aromatic rings. The maximum atomic E-state index is 13.3. The molecule has 29 heavy (non-hydrogen) atoms. The number of hydrazine groups is 1. The van der Waals surface area contributed by atoms with Crippen LogP contribution in [0.3, 0.4) is 0 Å².